The molecular formula is C8H11NO5. The number of hydrogen-bond acceptors (Lipinski definition) is 4. The molecule has 0 aliphatic carbocycles. The van der Waals surface area contributed by atoms with Crippen LogP contribution in [0.4, 0.5) is 0 Å². The highest BCUT2D eigenvalue weighted by atomic mass is 16.5. The Morgan fingerprint density at radius 3 is 2.29 bits per heavy atom. The van der Waals surface area contributed by atoms with Gasteiger partial charge in [-0.3, -0.25) is 9.59 Å². The molecule has 2 fully saturated rings. The van der Waals surface area contributed by atoms with Crippen molar-refractivity contribution in [3.63, 3.8) is 0 Å². The van der Waals surface area contributed by atoms with E-state index in [1.165, 1.54) is 0 Å². The van der Waals surface area contributed by atoms with E-state index in [1.807, 2.05) is 0 Å². The number of rotatable bonds is 2. The molecule has 0 spiro atoms. The van der Waals surface area contributed by atoms with Gasteiger partial charge in [0.15, 0.2) is 0 Å². The van der Waals surface area contributed by atoms with Gasteiger partial charge in [-0.15, -0.1) is 0 Å². The van der Waals surface area contributed by atoms with Crippen LogP contribution >= 0.6 is 0 Å². The van der Waals surface area contributed by atoms with Gasteiger partial charge in [-0.25, -0.2) is 0 Å². The van der Waals surface area contributed by atoms with E-state index in [1.54, 1.807) is 0 Å². The summed E-state index contributed by atoms with van der Waals surface area (Å²) >= 11 is 0. The number of carboxylic acid groups (broad SMARTS) is 2. The van der Waals surface area contributed by atoms with E-state index in [9.17, 15) is 9.59 Å². The summed E-state index contributed by atoms with van der Waals surface area (Å²) in [5.74, 6) is -4.20. The molecule has 2 aliphatic heterocycles. The van der Waals surface area contributed by atoms with Crippen LogP contribution in [0.15, 0.2) is 0 Å². The van der Waals surface area contributed by atoms with E-state index in [0.29, 0.717) is 6.42 Å². The molecule has 2 bridgehead atoms. The van der Waals surface area contributed by atoms with Gasteiger partial charge in [-0.1, -0.05) is 0 Å². The summed E-state index contributed by atoms with van der Waals surface area (Å²) in [7, 11) is 0. The molecule has 14 heavy (non-hydrogen) atoms. The van der Waals surface area contributed by atoms with E-state index in [0.717, 1.165) is 0 Å². The molecule has 5 atom stereocenters. The minimum Gasteiger partial charge on any atom is -0.481 e. The highest BCUT2D eigenvalue weighted by molar-refractivity contribution is 5.82. The quantitative estimate of drug-likeness (QED) is 0.522. The molecule has 78 valence electrons. The third-order valence-electron chi connectivity index (χ3n) is 2.97. The van der Waals surface area contributed by atoms with Crippen molar-refractivity contribution in [2.45, 2.75) is 24.7 Å². The number of fused-ring (bicyclic) bond motifs is 2. The van der Waals surface area contributed by atoms with Crippen molar-refractivity contribution in [2.24, 2.45) is 17.6 Å². The van der Waals surface area contributed by atoms with Crippen LogP contribution in [0.5, 0.6) is 0 Å². The predicted molar refractivity (Wildman–Crippen MR) is 43.5 cm³/mol. The maximum Gasteiger partial charge on any atom is 0.310 e. The molecule has 2 heterocycles. The zero-order chi connectivity index (χ0) is 10.5. The smallest absolute Gasteiger partial charge is 0.310 e. The molecule has 4 N–H and O–H groups in total. The summed E-state index contributed by atoms with van der Waals surface area (Å²) in [6.45, 7) is 0. The van der Waals surface area contributed by atoms with E-state index in [-0.39, 0.29) is 6.04 Å². The molecule has 2 rings (SSSR count). The van der Waals surface area contributed by atoms with E-state index >= 15 is 0 Å². The number of aliphatic carboxylic acids is 2. The number of carbonyl (C=O) groups is 2. The lowest BCUT2D eigenvalue weighted by Crippen LogP contribution is -2.47. The van der Waals surface area contributed by atoms with E-state index in [4.69, 9.17) is 20.7 Å². The van der Waals surface area contributed by atoms with E-state index < -0.39 is 36.0 Å². The molecule has 0 aromatic heterocycles. The summed E-state index contributed by atoms with van der Waals surface area (Å²) in [5, 5.41) is 17.7. The van der Waals surface area contributed by atoms with Gasteiger partial charge in [-0.05, 0) is 6.42 Å². The minimum atomic E-state index is -1.14. The second-order valence-electron chi connectivity index (χ2n) is 3.77. The molecule has 2 saturated heterocycles. The van der Waals surface area contributed by atoms with Gasteiger partial charge in [0.1, 0.15) is 5.92 Å². The van der Waals surface area contributed by atoms with Crippen molar-refractivity contribution in [3.8, 4) is 0 Å². The van der Waals surface area contributed by atoms with Crippen molar-refractivity contribution in [1.29, 1.82) is 0 Å². The third-order valence-corrected chi connectivity index (χ3v) is 2.97. The summed E-state index contributed by atoms with van der Waals surface area (Å²) in [4.78, 5) is 21.7. The van der Waals surface area contributed by atoms with Crippen molar-refractivity contribution in [3.05, 3.63) is 0 Å². The molecular weight excluding hydrogens is 190 g/mol. The van der Waals surface area contributed by atoms with Crippen LogP contribution in [0.3, 0.4) is 0 Å². The van der Waals surface area contributed by atoms with Crippen LogP contribution < -0.4 is 5.73 Å². The van der Waals surface area contributed by atoms with Gasteiger partial charge in [0.2, 0.25) is 0 Å². The standard InChI is InChI=1S/C8H11NO5/c9-2-1-3-4(7(10)11)5(8(12)13)6(2)14-3/h2-6H,1,9H2,(H,10,11)(H,12,13). The summed E-state index contributed by atoms with van der Waals surface area (Å²) in [6.07, 6.45) is -0.738. The van der Waals surface area contributed by atoms with Crippen LogP contribution in [-0.4, -0.2) is 40.4 Å². The van der Waals surface area contributed by atoms with Crippen LogP contribution in [0.2, 0.25) is 0 Å². The second kappa shape index (κ2) is 2.93. The van der Waals surface area contributed by atoms with Crippen molar-refractivity contribution in [2.75, 3.05) is 0 Å². The third kappa shape index (κ3) is 1.11. The fourth-order valence-electron chi connectivity index (χ4n) is 2.39. The fraction of sp³-hybridized carbons (Fsp3) is 0.750. The average Bonchev–Trinajstić information content (AvgIpc) is 2.58. The van der Waals surface area contributed by atoms with E-state index in [2.05, 4.69) is 0 Å². The van der Waals surface area contributed by atoms with Crippen molar-refractivity contribution in [1.82, 2.24) is 0 Å². The fourth-order valence-corrected chi connectivity index (χ4v) is 2.39. The Labute approximate surface area is 79.6 Å². The highest BCUT2D eigenvalue weighted by Crippen LogP contribution is 2.43. The molecule has 6 nitrogen and oxygen atoms in total. The van der Waals surface area contributed by atoms with Crippen molar-refractivity contribution >= 4 is 11.9 Å². The Balaban J connectivity index is 2.27. The average molecular weight is 201 g/mol. The highest BCUT2D eigenvalue weighted by Gasteiger charge is 2.59. The van der Waals surface area contributed by atoms with Gasteiger partial charge in [-0.2, -0.15) is 0 Å². The molecule has 5 unspecified atom stereocenters. The first-order valence-electron chi connectivity index (χ1n) is 4.39. The zero-order valence-electron chi connectivity index (χ0n) is 7.29. The first-order valence-corrected chi connectivity index (χ1v) is 4.39. The molecule has 0 aromatic carbocycles. The first kappa shape index (κ1) is 9.42. The van der Waals surface area contributed by atoms with Crippen molar-refractivity contribution < 1.29 is 24.5 Å². The molecule has 0 aromatic rings. The van der Waals surface area contributed by atoms with Gasteiger partial charge in [0, 0.05) is 6.04 Å². The molecule has 0 amide bonds. The summed E-state index contributed by atoms with van der Waals surface area (Å²) < 4.78 is 5.25. The molecule has 0 saturated carbocycles. The molecule has 0 radical (unpaired) electrons. The number of nitrogens with two attached hydrogens (primary N) is 1. The Kier molecular flexibility index (Phi) is 1.97. The van der Waals surface area contributed by atoms with Crippen LogP contribution in [-0.2, 0) is 14.3 Å². The van der Waals surface area contributed by atoms with Gasteiger partial charge in [0.05, 0.1) is 18.1 Å². The predicted octanol–water partition coefficient (Wildman–Crippen LogP) is -1.11. The second-order valence-corrected chi connectivity index (χ2v) is 3.77. The Hall–Kier alpha value is -1.14. The molecule has 2 aliphatic rings. The normalized spacial score (nSPS) is 45.4. The monoisotopic (exact) mass is 201 g/mol. The first-order chi connectivity index (χ1) is 6.52. The van der Waals surface area contributed by atoms with Gasteiger partial charge >= 0.3 is 11.9 Å². The maximum absolute atomic E-state index is 10.9. The lowest BCUT2D eigenvalue weighted by molar-refractivity contribution is -0.154. The number of carboxylic acids is 2. The maximum atomic E-state index is 10.9. The summed E-state index contributed by atoms with van der Waals surface area (Å²) in [6, 6.07) is -0.350. The number of ether oxygens (including phenoxy) is 1. The largest absolute Gasteiger partial charge is 0.481 e. The lowest BCUT2D eigenvalue weighted by Gasteiger charge is -2.25. The Morgan fingerprint density at radius 1 is 1.21 bits per heavy atom. The lowest BCUT2D eigenvalue weighted by atomic mass is 9.77. The Morgan fingerprint density at radius 2 is 1.79 bits per heavy atom. The minimum absolute atomic E-state index is 0.350. The summed E-state index contributed by atoms with van der Waals surface area (Å²) in [5.41, 5.74) is 5.63. The van der Waals surface area contributed by atoms with Gasteiger partial charge < -0.3 is 20.7 Å². The molecule has 6 heteroatoms. The van der Waals surface area contributed by atoms with Crippen LogP contribution in [0.25, 0.3) is 0 Å². The zero-order valence-corrected chi connectivity index (χ0v) is 7.29. The van der Waals surface area contributed by atoms with Crippen LogP contribution in [0.1, 0.15) is 6.42 Å². The SMILES string of the molecule is NC1CC2OC1C(C(=O)O)C2C(=O)O. The Bertz CT molecular complexity index is 291. The topological polar surface area (TPSA) is 110 Å². The number of hydrogen-bond donors (Lipinski definition) is 3. The van der Waals surface area contributed by atoms with Gasteiger partial charge in [0.25, 0.3) is 0 Å². The van der Waals surface area contributed by atoms with Crippen LogP contribution in [0, 0.1) is 11.8 Å².